The van der Waals surface area contributed by atoms with Gasteiger partial charge in [0, 0.05) is 31.3 Å². The molecule has 2 saturated heterocycles. The van der Waals surface area contributed by atoms with Crippen molar-refractivity contribution in [1.29, 1.82) is 0 Å². The molecular formula is C27H29N3O6. The molecule has 2 fully saturated rings. The number of esters is 1. The minimum Gasteiger partial charge on any atom is -0.481 e. The van der Waals surface area contributed by atoms with Gasteiger partial charge in [-0.1, -0.05) is 24.3 Å². The third-order valence-corrected chi connectivity index (χ3v) is 6.39. The van der Waals surface area contributed by atoms with Crippen molar-refractivity contribution < 1.29 is 28.5 Å². The largest absolute Gasteiger partial charge is 0.481 e. The van der Waals surface area contributed by atoms with Crippen LogP contribution in [0.5, 0.6) is 5.75 Å². The number of hydrogen-bond acceptors (Lipinski definition) is 8. The lowest BCUT2D eigenvalue weighted by atomic mass is 10.0. The second-order valence-corrected chi connectivity index (χ2v) is 8.69. The zero-order valence-electron chi connectivity index (χ0n) is 20.2. The van der Waals surface area contributed by atoms with Gasteiger partial charge in [-0.3, -0.25) is 4.79 Å². The summed E-state index contributed by atoms with van der Waals surface area (Å²) in [6.07, 6.45) is 1.58. The number of carbonyl (C=O) groups is 2. The Morgan fingerprint density at radius 2 is 1.81 bits per heavy atom. The molecular weight excluding hydrogens is 462 g/mol. The van der Waals surface area contributed by atoms with Gasteiger partial charge in [0.15, 0.2) is 12.4 Å². The van der Waals surface area contributed by atoms with Crippen LogP contribution in [0.1, 0.15) is 30.1 Å². The molecule has 9 heteroatoms. The third kappa shape index (κ3) is 5.12. The maximum Gasteiger partial charge on any atom is 0.340 e. The second-order valence-electron chi connectivity index (χ2n) is 8.69. The summed E-state index contributed by atoms with van der Waals surface area (Å²) in [7, 11) is 0. The number of aromatic nitrogens is 1. The summed E-state index contributed by atoms with van der Waals surface area (Å²) in [4.78, 5) is 31.9. The zero-order valence-corrected chi connectivity index (χ0v) is 20.2. The Kier molecular flexibility index (Phi) is 7.02. The van der Waals surface area contributed by atoms with Gasteiger partial charge in [0.05, 0.1) is 31.1 Å². The number of rotatable bonds is 7. The summed E-state index contributed by atoms with van der Waals surface area (Å²) in [6, 6.07) is 16.3. The molecule has 9 nitrogen and oxygen atoms in total. The molecule has 0 aliphatic carbocycles. The Morgan fingerprint density at radius 3 is 2.58 bits per heavy atom. The van der Waals surface area contributed by atoms with Gasteiger partial charge in [-0.05, 0) is 37.3 Å². The highest BCUT2D eigenvalue weighted by Gasteiger charge is 2.40. The van der Waals surface area contributed by atoms with E-state index in [1.165, 1.54) is 0 Å². The van der Waals surface area contributed by atoms with E-state index in [0.717, 1.165) is 37.1 Å². The van der Waals surface area contributed by atoms with E-state index in [9.17, 15) is 9.59 Å². The molecule has 2 aromatic carbocycles. The summed E-state index contributed by atoms with van der Waals surface area (Å²) < 4.78 is 22.6. The molecule has 2 aliphatic rings. The smallest absolute Gasteiger partial charge is 0.340 e. The topological polar surface area (TPSA) is 99.2 Å². The van der Waals surface area contributed by atoms with Crippen LogP contribution in [0.15, 0.2) is 54.6 Å². The highest BCUT2D eigenvalue weighted by atomic mass is 16.7. The molecule has 0 bridgehead atoms. The number of hydrogen-bond donors (Lipinski definition) is 1. The van der Waals surface area contributed by atoms with Crippen LogP contribution in [0.3, 0.4) is 0 Å². The molecule has 0 unspecified atom stereocenters. The lowest BCUT2D eigenvalue weighted by molar-refractivity contribution is -0.169. The first-order chi connectivity index (χ1) is 17.6. The number of nitrogens with one attached hydrogen (secondary N) is 1. The van der Waals surface area contributed by atoms with E-state index in [-0.39, 0.29) is 13.2 Å². The lowest BCUT2D eigenvalue weighted by Crippen LogP contribution is -2.45. The van der Waals surface area contributed by atoms with Gasteiger partial charge < -0.3 is 29.2 Å². The molecule has 36 heavy (non-hydrogen) atoms. The number of nitrogens with zero attached hydrogens (tertiary/aromatic N) is 2. The summed E-state index contributed by atoms with van der Waals surface area (Å²) in [5.41, 5.74) is 1.35. The highest BCUT2D eigenvalue weighted by molar-refractivity contribution is 6.01. The van der Waals surface area contributed by atoms with E-state index in [1.54, 1.807) is 37.3 Å². The normalized spacial score (nSPS) is 16.8. The summed E-state index contributed by atoms with van der Waals surface area (Å²) in [5.74, 6) is 0.0341. The van der Waals surface area contributed by atoms with Crippen molar-refractivity contribution in [1.82, 2.24) is 4.98 Å². The van der Waals surface area contributed by atoms with Gasteiger partial charge in [-0.25, -0.2) is 9.78 Å². The minimum absolute atomic E-state index is 0.233. The molecule has 0 radical (unpaired) electrons. The van der Waals surface area contributed by atoms with Crippen molar-refractivity contribution in [3.05, 3.63) is 60.2 Å². The fourth-order valence-electron chi connectivity index (χ4n) is 4.57. The van der Waals surface area contributed by atoms with Crippen molar-refractivity contribution in [2.24, 2.45) is 0 Å². The van der Waals surface area contributed by atoms with E-state index >= 15 is 0 Å². The Hall–Kier alpha value is -3.69. The van der Waals surface area contributed by atoms with E-state index < -0.39 is 17.7 Å². The zero-order chi connectivity index (χ0) is 25.0. The molecule has 2 aliphatic heterocycles. The third-order valence-electron chi connectivity index (χ3n) is 6.39. The molecule has 1 spiro atoms. The van der Waals surface area contributed by atoms with E-state index in [2.05, 4.69) is 10.2 Å². The van der Waals surface area contributed by atoms with Crippen molar-refractivity contribution >= 4 is 34.3 Å². The van der Waals surface area contributed by atoms with Crippen LogP contribution in [-0.2, 0) is 19.0 Å². The van der Waals surface area contributed by atoms with Crippen molar-refractivity contribution in [2.45, 2.75) is 25.6 Å². The fraction of sp³-hybridized carbons (Fsp3) is 0.370. The Morgan fingerprint density at radius 1 is 1.03 bits per heavy atom. The van der Waals surface area contributed by atoms with Crippen LogP contribution in [0, 0.1) is 0 Å². The quantitative estimate of drug-likeness (QED) is 0.499. The number of fused-ring (bicyclic) bond motifs is 1. The number of amides is 1. The SMILES string of the molecule is CCOC(=O)c1ccccc1NC(=O)COc1cccc2ccc(N3CCC4(CC3)OCCO4)nc12. The first-order valence-corrected chi connectivity index (χ1v) is 12.2. The molecule has 1 amide bonds. The average molecular weight is 492 g/mol. The molecule has 0 atom stereocenters. The number of carbonyl (C=O) groups excluding carboxylic acids is 2. The van der Waals surface area contributed by atoms with Gasteiger partial charge in [0.1, 0.15) is 17.1 Å². The van der Waals surface area contributed by atoms with Crippen LogP contribution in [0.4, 0.5) is 11.5 Å². The summed E-state index contributed by atoms with van der Waals surface area (Å²) >= 11 is 0. The molecule has 3 heterocycles. The predicted molar refractivity (Wildman–Crippen MR) is 134 cm³/mol. The minimum atomic E-state index is -0.491. The van der Waals surface area contributed by atoms with E-state index in [4.69, 9.17) is 23.9 Å². The number of piperidine rings is 1. The van der Waals surface area contributed by atoms with Crippen molar-refractivity contribution in [3.63, 3.8) is 0 Å². The standard InChI is InChI=1S/C27H29N3O6/c1-2-33-26(32)20-7-3-4-8-21(20)28-24(31)18-34-22-9-5-6-19-10-11-23(29-25(19)22)30-14-12-27(13-15-30)35-16-17-36-27/h3-11H,2,12-18H2,1H3,(H,28,31). The van der Waals surface area contributed by atoms with Crippen LogP contribution < -0.4 is 15.0 Å². The van der Waals surface area contributed by atoms with Crippen molar-refractivity contribution in [3.8, 4) is 5.75 Å². The Labute approximate surface area is 209 Å². The summed E-state index contributed by atoms with van der Waals surface area (Å²) in [6.45, 7) is 4.61. The molecule has 1 aromatic heterocycles. The van der Waals surface area contributed by atoms with Gasteiger partial charge in [-0.2, -0.15) is 0 Å². The van der Waals surface area contributed by atoms with E-state index in [1.807, 2.05) is 24.3 Å². The Balaban J connectivity index is 1.27. The molecule has 3 aromatic rings. The van der Waals surface area contributed by atoms with Crippen LogP contribution in [-0.4, -0.2) is 62.2 Å². The fourth-order valence-corrected chi connectivity index (χ4v) is 4.57. The van der Waals surface area contributed by atoms with Gasteiger partial charge in [0.25, 0.3) is 5.91 Å². The molecule has 188 valence electrons. The van der Waals surface area contributed by atoms with Crippen LogP contribution >= 0.6 is 0 Å². The summed E-state index contributed by atoms with van der Waals surface area (Å²) in [5, 5.41) is 3.65. The lowest BCUT2D eigenvalue weighted by Gasteiger charge is -2.38. The molecule has 1 N–H and O–H groups in total. The van der Waals surface area contributed by atoms with Gasteiger partial charge in [-0.15, -0.1) is 0 Å². The van der Waals surface area contributed by atoms with Gasteiger partial charge >= 0.3 is 5.97 Å². The first kappa shape index (κ1) is 24.0. The molecule has 5 rings (SSSR count). The highest BCUT2D eigenvalue weighted by Crippen LogP contribution is 2.34. The molecule has 0 saturated carbocycles. The average Bonchev–Trinajstić information content (AvgIpc) is 3.36. The second kappa shape index (κ2) is 10.5. The monoisotopic (exact) mass is 491 g/mol. The maximum absolute atomic E-state index is 12.7. The number of ether oxygens (including phenoxy) is 4. The number of anilines is 2. The van der Waals surface area contributed by atoms with Gasteiger partial charge in [0.2, 0.25) is 0 Å². The van der Waals surface area contributed by atoms with Crippen LogP contribution in [0.25, 0.3) is 10.9 Å². The number of pyridine rings is 1. The first-order valence-electron chi connectivity index (χ1n) is 12.2. The van der Waals surface area contributed by atoms with Crippen molar-refractivity contribution in [2.75, 3.05) is 49.7 Å². The van der Waals surface area contributed by atoms with Crippen LogP contribution in [0.2, 0.25) is 0 Å². The Bertz CT molecular complexity index is 1250. The maximum atomic E-state index is 12.7. The predicted octanol–water partition coefficient (Wildman–Crippen LogP) is 3.77. The van der Waals surface area contributed by atoms with E-state index in [0.29, 0.717) is 35.7 Å². The number of benzene rings is 2. The number of para-hydroxylation sites is 2.